The molecule has 0 saturated carbocycles. The molecule has 0 atom stereocenters. The fourth-order valence-electron chi connectivity index (χ4n) is 3.50. The SMILES string of the molecule is COc1c(C(=O)O)ccc(N2CC3(CCNCC3)NC2=O)c1C.Cl. The lowest BCUT2D eigenvalue weighted by molar-refractivity contribution is 0.0693. The third-order valence-electron chi connectivity index (χ3n) is 4.74. The van der Waals surface area contributed by atoms with E-state index in [9.17, 15) is 14.7 Å². The number of nitrogens with one attached hydrogen (secondary N) is 2. The monoisotopic (exact) mass is 355 g/mol. The van der Waals surface area contributed by atoms with Crippen LogP contribution in [0.1, 0.15) is 28.8 Å². The highest BCUT2D eigenvalue weighted by Crippen LogP contribution is 2.36. The van der Waals surface area contributed by atoms with Crippen molar-refractivity contribution in [2.24, 2.45) is 0 Å². The van der Waals surface area contributed by atoms with Gasteiger partial charge < -0.3 is 20.5 Å². The molecule has 8 heteroatoms. The van der Waals surface area contributed by atoms with Crippen LogP contribution in [-0.4, -0.2) is 49.4 Å². The smallest absolute Gasteiger partial charge is 0.339 e. The molecule has 0 aliphatic carbocycles. The third kappa shape index (κ3) is 3.01. The van der Waals surface area contributed by atoms with Gasteiger partial charge >= 0.3 is 12.0 Å². The Morgan fingerprint density at radius 1 is 1.33 bits per heavy atom. The van der Waals surface area contributed by atoms with E-state index in [1.165, 1.54) is 13.2 Å². The predicted molar refractivity (Wildman–Crippen MR) is 92.7 cm³/mol. The number of carbonyl (C=O) groups is 2. The largest absolute Gasteiger partial charge is 0.495 e. The standard InChI is InChI=1S/C16H21N3O4.ClH/c1-10-12(4-3-11(14(20)21)13(10)23-2)19-9-16(18-15(19)22)5-7-17-8-6-16;/h3-4,17H,5-9H2,1-2H3,(H,18,22)(H,20,21);1H. The second kappa shape index (κ2) is 6.86. The molecule has 2 heterocycles. The summed E-state index contributed by atoms with van der Waals surface area (Å²) in [6.45, 7) is 4.13. The maximum atomic E-state index is 12.5. The first-order chi connectivity index (χ1) is 11.0. The van der Waals surface area contributed by atoms with Crippen molar-refractivity contribution in [2.75, 3.05) is 31.6 Å². The van der Waals surface area contributed by atoms with E-state index in [4.69, 9.17) is 4.74 Å². The zero-order valence-electron chi connectivity index (χ0n) is 13.7. The number of hydrogen-bond donors (Lipinski definition) is 3. The molecule has 2 amide bonds. The molecular formula is C16H22ClN3O4. The average molecular weight is 356 g/mol. The molecule has 2 saturated heterocycles. The molecule has 1 aromatic rings. The summed E-state index contributed by atoms with van der Waals surface area (Å²) in [6.07, 6.45) is 1.78. The number of methoxy groups -OCH3 is 1. The van der Waals surface area contributed by atoms with Crippen LogP contribution in [0.3, 0.4) is 0 Å². The van der Waals surface area contributed by atoms with Crippen molar-refractivity contribution in [3.05, 3.63) is 23.3 Å². The number of anilines is 1. The molecule has 0 bridgehead atoms. The molecule has 2 fully saturated rings. The van der Waals surface area contributed by atoms with Crippen LogP contribution in [0.2, 0.25) is 0 Å². The van der Waals surface area contributed by atoms with Crippen molar-refractivity contribution < 1.29 is 19.4 Å². The Bertz CT molecular complexity index is 659. The van der Waals surface area contributed by atoms with E-state index in [0.29, 0.717) is 23.5 Å². The first-order valence-corrected chi connectivity index (χ1v) is 7.69. The first kappa shape index (κ1) is 18.4. The average Bonchev–Trinajstić information content (AvgIpc) is 2.83. The van der Waals surface area contributed by atoms with Crippen LogP contribution in [-0.2, 0) is 0 Å². The van der Waals surface area contributed by atoms with Crippen LogP contribution in [0.5, 0.6) is 5.75 Å². The lowest BCUT2D eigenvalue weighted by Gasteiger charge is -2.33. The van der Waals surface area contributed by atoms with E-state index in [0.717, 1.165) is 25.9 Å². The number of carbonyl (C=O) groups excluding carboxylic acids is 1. The number of halogens is 1. The van der Waals surface area contributed by atoms with Gasteiger partial charge in [-0.2, -0.15) is 0 Å². The summed E-state index contributed by atoms with van der Waals surface area (Å²) in [4.78, 5) is 25.4. The van der Waals surface area contributed by atoms with Gasteiger partial charge in [-0.1, -0.05) is 0 Å². The number of hydrogen-bond acceptors (Lipinski definition) is 4. The number of carboxylic acid groups (broad SMARTS) is 1. The van der Waals surface area contributed by atoms with E-state index in [1.54, 1.807) is 17.9 Å². The van der Waals surface area contributed by atoms with Gasteiger partial charge in [0.2, 0.25) is 0 Å². The summed E-state index contributed by atoms with van der Waals surface area (Å²) in [5.74, 6) is -0.744. The lowest BCUT2D eigenvalue weighted by atomic mass is 9.89. The highest BCUT2D eigenvalue weighted by Gasteiger charge is 2.44. The van der Waals surface area contributed by atoms with Gasteiger partial charge in [0.1, 0.15) is 11.3 Å². The molecule has 0 radical (unpaired) electrons. The molecule has 0 unspecified atom stereocenters. The van der Waals surface area contributed by atoms with Crippen LogP contribution in [0.4, 0.5) is 10.5 Å². The Labute approximate surface area is 146 Å². The highest BCUT2D eigenvalue weighted by molar-refractivity contribution is 5.98. The number of carboxylic acids is 1. The summed E-state index contributed by atoms with van der Waals surface area (Å²) in [6, 6.07) is 3.03. The maximum Gasteiger partial charge on any atom is 0.339 e. The molecule has 24 heavy (non-hydrogen) atoms. The Kier molecular flexibility index (Phi) is 5.25. The van der Waals surface area contributed by atoms with Crippen molar-refractivity contribution in [1.29, 1.82) is 0 Å². The number of aromatic carboxylic acids is 1. The minimum Gasteiger partial charge on any atom is -0.495 e. The number of amides is 2. The molecule has 1 aromatic carbocycles. The Morgan fingerprint density at radius 2 is 2.00 bits per heavy atom. The minimum absolute atomic E-state index is 0. The van der Waals surface area contributed by atoms with E-state index in [-0.39, 0.29) is 29.5 Å². The number of ether oxygens (including phenoxy) is 1. The van der Waals surface area contributed by atoms with E-state index >= 15 is 0 Å². The molecule has 2 aliphatic heterocycles. The van der Waals surface area contributed by atoms with Gasteiger partial charge in [-0.3, -0.25) is 4.90 Å². The molecule has 1 spiro atoms. The first-order valence-electron chi connectivity index (χ1n) is 7.69. The van der Waals surface area contributed by atoms with Gasteiger partial charge in [0.05, 0.1) is 24.9 Å². The van der Waals surface area contributed by atoms with Crippen molar-refractivity contribution in [2.45, 2.75) is 25.3 Å². The fraction of sp³-hybridized carbons (Fsp3) is 0.500. The lowest BCUT2D eigenvalue weighted by Crippen LogP contribution is -2.51. The van der Waals surface area contributed by atoms with Gasteiger partial charge in [0.25, 0.3) is 0 Å². The summed E-state index contributed by atoms with van der Waals surface area (Å²) >= 11 is 0. The van der Waals surface area contributed by atoms with E-state index < -0.39 is 5.97 Å². The van der Waals surface area contributed by atoms with Crippen molar-refractivity contribution in [3.8, 4) is 5.75 Å². The predicted octanol–water partition coefficient (Wildman–Crippen LogP) is 1.78. The highest BCUT2D eigenvalue weighted by atomic mass is 35.5. The van der Waals surface area contributed by atoms with Gasteiger partial charge in [-0.05, 0) is 45.0 Å². The van der Waals surface area contributed by atoms with E-state index in [2.05, 4.69) is 10.6 Å². The maximum absolute atomic E-state index is 12.5. The quantitative estimate of drug-likeness (QED) is 0.768. The van der Waals surface area contributed by atoms with Gasteiger partial charge in [0, 0.05) is 5.56 Å². The summed E-state index contributed by atoms with van der Waals surface area (Å²) in [7, 11) is 1.44. The van der Waals surface area contributed by atoms with Crippen LogP contribution >= 0.6 is 12.4 Å². The molecule has 3 N–H and O–H groups in total. The second-order valence-corrected chi connectivity index (χ2v) is 6.14. The van der Waals surface area contributed by atoms with Crippen molar-refractivity contribution in [1.82, 2.24) is 10.6 Å². The summed E-state index contributed by atoms with van der Waals surface area (Å²) in [5, 5.41) is 15.7. The molecular weight excluding hydrogens is 334 g/mol. The number of benzene rings is 1. The molecule has 2 aliphatic rings. The minimum atomic E-state index is -1.04. The Balaban J connectivity index is 0.00000208. The normalized spacial score (nSPS) is 18.9. The Hall–Kier alpha value is -1.99. The number of rotatable bonds is 3. The molecule has 7 nitrogen and oxygen atoms in total. The Morgan fingerprint density at radius 3 is 2.58 bits per heavy atom. The van der Waals surface area contributed by atoms with Gasteiger partial charge in [0.15, 0.2) is 0 Å². The number of urea groups is 1. The number of nitrogens with zero attached hydrogens (tertiary/aromatic N) is 1. The summed E-state index contributed by atoms with van der Waals surface area (Å²) in [5.41, 5.74) is 1.26. The van der Waals surface area contributed by atoms with Gasteiger partial charge in [-0.15, -0.1) is 12.4 Å². The summed E-state index contributed by atoms with van der Waals surface area (Å²) < 4.78 is 5.26. The van der Waals surface area contributed by atoms with Crippen LogP contribution in [0.15, 0.2) is 12.1 Å². The molecule has 0 aromatic heterocycles. The van der Waals surface area contributed by atoms with Crippen molar-refractivity contribution in [3.63, 3.8) is 0 Å². The zero-order chi connectivity index (χ0) is 16.6. The van der Waals surface area contributed by atoms with Crippen LogP contribution < -0.4 is 20.3 Å². The van der Waals surface area contributed by atoms with Crippen LogP contribution in [0.25, 0.3) is 0 Å². The van der Waals surface area contributed by atoms with E-state index in [1.807, 2.05) is 0 Å². The zero-order valence-corrected chi connectivity index (χ0v) is 14.5. The fourth-order valence-corrected chi connectivity index (χ4v) is 3.50. The van der Waals surface area contributed by atoms with Crippen molar-refractivity contribution >= 4 is 30.1 Å². The molecule has 3 rings (SSSR count). The van der Waals surface area contributed by atoms with Crippen LogP contribution in [0, 0.1) is 6.92 Å². The topological polar surface area (TPSA) is 90.9 Å². The van der Waals surface area contributed by atoms with Gasteiger partial charge in [-0.25, -0.2) is 9.59 Å². The second-order valence-electron chi connectivity index (χ2n) is 6.14. The third-order valence-corrected chi connectivity index (χ3v) is 4.74. The number of piperidine rings is 1. The molecule has 132 valence electrons.